The summed E-state index contributed by atoms with van der Waals surface area (Å²) in [5, 5.41) is 2.63. The Bertz CT molecular complexity index is 504. The summed E-state index contributed by atoms with van der Waals surface area (Å²) in [5.74, 6) is 0.668. The number of carbonyl (C=O) groups is 2. The van der Waals surface area contributed by atoms with Gasteiger partial charge in [-0.15, -0.1) is 0 Å². The summed E-state index contributed by atoms with van der Waals surface area (Å²) in [6, 6.07) is 7.48. The van der Waals surface area contributed by atoms with Gasteiger partial charge in [-0.2, -0.15) is 0 Å². The molecule has 1 aliphatic heterocycles. The number of rotatable bonds is 5. The number of imide groups is 1. The summed E-state index contributed by atoms with van der Waals surface area (Å²) in [5.41, 5.74) is 1.10. The maximum Gasteiger partial charge on any atom is 0.324 e. The lowest BCUT2D eigenvalue weighted by molar-refractivity contribution is -0.885. The van der Waals surface area contributed by atoms with Crippen molar-refractivity contribution in [3.05, 3.63) is 29.8 Å². The molecule has 1 aromatic carbocycles. The summed E-state index contributed by atoms with van der Waals surface area (Å²) < 4.78 is 5.18. The molecule has 0 aliphatic carbocycles. The van der Waals surface area contributed by atoms with Gasteiger partial charge in [0.05, 0.1) is 14.2 Å². The second-order valence-electron chi connectivity index (χ2n) is 4.94. The molecule has 0 radical (unpaired) electrons. The van der Waals surface area contributed by atoms with E-state index in [2.05, 4.69) is 5.32 Å². The molecule has 2 N–H and O–H groups in total. The topological polar surface area (TPSA) is 63.1 Å². The Morgan fingerprint density at radius 2 is 2.30 bits per heavy atom. The molecule has 20 heavy (non-hydrogen) atoms. The molecule has 0 aromatic heterocycles. The van der Waals surface area contributed by atoms with E-state index in [0.29, 0.717) is 26.2 Å². The van der Waals surface area contributed by atoms with Gasteiger partial charge in [-0.3, -0.25) is 9.69 Å². The Hall–Kier alpha value is -2.08. The van der Waals surface area contributed by atoms with Crippen molar-refractivity contribution >= 4 is 11.9 Å². The van der Waals surface area contributed by atoms with E-state index >= 15 is 0 Å². The van der Waals surface area contributed by atoms with Crippen LogP contribution in [-0.4, -0.2) is 50.6 Å². The summed E-state index contributed by atoms with van der Waals surface area (Å²) >= 11 is 0. The number of amides is 3. The maximum atomic E-state index is 12.0. The van der Waals surface area contributed by atoms with Crippen LogP contribution in [-0.2, 0) is 11.3 Å². The number of benzene rings is 1. The number of methoxy groups -OCH3 is 1. The van der Waals surface area contributed by atoms with Crippen molar-refractivity contribution in [1.82, 2.24) is 10.2 Å². The van der Waals surface area contributed by atoms with Gasteiger partial charge >= 0.3 is 6.03 Å². The molecule has 1 fully saturated rings. The van der Waals surface area contributed by atoms with E-state index in [0.717, 1.165) is 16.2 Å². The van der Waals surface area contributed by atoms with Crippen LogP contribution in [0.2, 0.25) is 0 Å². The SMILES string of the molecule is COc1cccc(C[NH+](C)CC(=O)N2CCNC2=O)c1. The summed E-state index contributed by atoms with van der Waals surface area (Å²) in [7, 11) is 3.57. The molecule has 1 heterocycles. The zero-order valence-corrected chi connectivity index (χ0v) is 11.8. The van der Waals surface area contributed by atoms with Crippen LogP contribution in [0.3, 0.4) is 0 Å². The molecule has 1 unspecified atom stereocenters. The number of quaternary nitrogens is 1. The van der Waals surface area contributed by atoms with E-state index < -0.39 is 0 Å². The zero-order chi connectivity index (χ0) is 14.5. The number of hydrogen-bond acceptors (Lipinski definition) is 3. The van der Waals surface area contributed by atoms with Gasteiger partial charge in [0.2, 0.25) is 0 Å². The Morgan fingerprint density at radius 3 is 2.95 bits per heavy atom. The predicted molar refractivity (Wildman–Crippen MR) is 73.6 cm³/mol. The molecule has 0 spiro atoms. The van der Waals surface area contributed by atoms with Crippen LogP contribution in [0.5, 0.6) is 5.75 Å². The van der Waals surface area contributed by atoms with E-state index in [1.807, 2.05) is 31.3 Å². The van der Waals surface area contributed by atoms with Crippen molar-refractivity contribution < 1.29 is 19.2 Å². The van der Waals surface area contributed by atoms with Crippen LogP contribution in [0.15, 0.2) is 24.3 Å². The molecular weight excluding hydrogens is 258 g/mol. The van der Waals surface area contributed by atoms with E-state index in [1.165, 1.54) is 4.90 Å². The van der Waals surface area contributed by atoms with Crippen molar-refractivity contribution in [2.24, 2.45) is 0 Å². The van der Waals surface area contributed by atoms with Crippen LogP contribution < -0.4 is 15.0 Å². The van der Waals surface area contributed by atoms with Gasteiger partial charge in [0.15, 0.2) is 6.54 Å². The zero-order valence-electron chi connectivity index (χ0n) is 11.8. The van der Waals surface area contributed by atoms with Crippen LogP contribution in [0.1, 0.15) is 5.56 Å². The highest BCUT2D eigenvalue weighted by atomic mass is 16.5. The number of hydrogen-bond donors (Lipinski definition) is 2. The maximum absolute atomic E-state index is 12.0. The minimum Gasteiger partial charge on any atom is -0.497 e. The quantitative estimate of drug-likeness (QED) is 0.746. The fourth-order valence-corrected chi connectivity index (χ4v) is 2.26. The molecule has 1 aliphatic rings. The van der Waals surface area contributed by atoms with Crippen LogP contribution in [0, 0.1) is 0 Å². The second kappa shape index (κ2) is 6.38. The first kappa shape index (κ1) is 14.3. The van der Waals surface area contributed by atoms with E-state index in [9.17, 15) is 9.59 Å². The van der Waals surface area contributed by atoms with Crippen molar-refractivity contribution in [3.8, 4) is 5.75 Å². The lowest BCUT2D eigenvalue weighted by atomic mass is 10.2. The third-order valence-electron chi connectivity index (χ3n) is 3.25. The van der Waals surface area contributed by atoms with E-state index in [1.54, 1.807) is 7.11 Å². The van der Waals surface area contributed by atoms with Gasteiger partial charge in [0.1, 0.15) is 12.3 Å². The summed E-state index contributed by atoms with van der Waals surface area (Å²) in [4.78, 5) is 25.7. The largest absolute Gasteiger partial charge is 0.497 e. The fourth-order valence-electron chi connectivity index (χ4n) is 2.26. The molecule has 0 saturated carbocycles. The number of urea groups is 1. The number of nitrogens with zero attached hydrogens (tertiary/aromatic N) is 1. The van der Waals surface area contributed by atoms with Crippen molar-refractivity contribution in [2.75, 3.05) is 33.8 Å². The Balaban J connectivity index is 1.89. The first-order chi connectivity index (χ1) is 9.60. The smallest absolute Gasteiger partial charge is 0.324 e. The summed E-state index contributed by atoms with van der Waals surface area (Å²) in [6.45, 7) is 2.01. The van der Waals surface area contributed by atoms with Gasteiger partial charge in [-0.05, 0) is 12.1 Å². The Labute approximate surface area is 118 Å². The van der Waals surface area contributed by atoms with Crippen molar-refractivity contribution in [1.29, 1.82) is 0 Å². The van der Waals surface area contributed by atoms with Crippen LogP contribution in [0.4, 0.5) is 4.79 Å². The molecule has 3 amide bonds. The summed E-state index contributed by atoms with van der Waals surface area (Å²) in [6.07, 6.45) is 0. The molecular formula is C14H20N3O3+. The average Bonchev–Trinajstić information content (AvgIpc) is 2.85. The molecule has 108 valence electrons. The minimum absolute atomic E-state index is 0.139. The second-order valence-corrected chi connectivity index (χ2v) is 4.94. The normalized spacial score (nSPS) is 15.9. The Morgan fingerprint density at radius 1 is 1.50 bits per heavy atom. The third kappa shape index (κ3) is 3.48. The van der Waals surface area contributed by atoms with Gasteiger partial charge in [-0.25, -0.2) is 4.79 Å². The molecule has 1 aromatic rings. The van der Waals surface area contributed by atoms with E-state index in [-0.39, 0.29) is 11.9 Å². The number of ether oxygens (including phenoxy) is 1. The first-order valence-electron chi connectivity index (χ1n) is 6.62. The molecule has 1 atom stereocenters. The third-order valence-corrected chi connectivity index (χ3v) is 3.25. The molecule has 6 nitrogen and oxygen atoms in total. The standard InChI is InChI=1S/C14H19N3O3/c1-16(9-11-4-3-5-12(8-11)20-2)10-13(18)17-7-6-15-14(17)19/h3-5,8H,6-7,9-10H2,1-2H3,(H,15,19)/p+1. The Kier molecular flexibility index (Phi) is 4.57. The van der Waals surface area contributed by atoms with Crippen molar-refractivity contribution in [3.63, 3.8) is 0 Å². The van der Waals surface area contributed by atoms with Crippen LogP contribution in [0.25, 0.3) is 0 Å². The highest BCUT2D eigenvalue weighted by Gasteiger charge is 2.28. The lowest BCUT2D eigenvalue weighted by Gasteiger charge is -2.17. The van der Waals surface area contributed by atoms with Crippen LogP contribution >= 0.6 is 0 Å². The minimum atomic E-state index is -0.288. The molecule has 2 rings (SSSR count). The predicted octanol–water partition coefficient (Wildman–Crippen LogP) is -0.738. The first-order valence-corrected chi connectivity index (χ1v) is 6.62. The van der Waals surface area contributed by atoms with Gasteiger partial charge < -0.3 is 15.0 Å². The van der Waals surface area contributed by atoms with Gasteiger partial charge in [-0.1, -0.05) is 12.1 Å². The molecule has 1 saturated heterocycles. The number of likely N-dealkylation sites (N-methyl/N-ethyl adjacent to an activating group) is 1. The number of carbonyl (C=O) groups excluding carboxylic acids is 2. The fraction of sp³-hybridized carbons (Fsp3) is 0.429. The lowest BCUT2D eigenvalue weighted by Crippen LogP contribution is -3.08. The van der Waals surface area contributed by atoms with Gasteiger partial charge in [0, 0.05) is 18.7 Å². The average molecular weight is 278 g/mol. The highest BCUT2D eigenvalue weighted by molar-refractivity contribution is 5.96. The van der Waals surface area contributed by atoms with Gasteiger partial charge in [0.25, 0.3) is 5.91 Å². The van der Waals surface area contributed by atoms with E-state index in [4.69, 9.17) is 4.74 Å². The van der Waals surface area contributed by atoms with Crippen molar-refractivity contribution in [2.45, 2.75) is 6.54 Å². The molecule has 6 heteroatoms. The monoisotopic (exact) mass is 278 g/mol. The molecule has 0 bridgehead atoms. The highest BCUT2D eigenvalue weighted by Crippen LogP contribution is 2.11. The number of nitrogens with one attached hydrogen (secondary N) is 2.